The number of aromatic nitrogens is 6. The number of hydrogen-bond acceptors (Lipinski definition) is 6. The number of imidazole rings is 2. The summed E-state index contributed by atoms with van der Waals surface area (Å²) < 4.78 is 0. The number of anilines is 2. The maximum absolute atomic E-state index is 4.10. The molecule has 0 atom stereocenters. The van der Waals surface area contributed by atoms with Crippen LogP contribution in [-0.4, -0.2) is 58.1 Å². The monoisotopic (exact) mass is 394 g/mol. The lowest BCUT2D eigenvalue weighted by Crippen LogP contribution is -2.09. The van der Waals surface area contributed by atoms with Crippen molar-refractivity contribution >= 4 is 11.5 Å². The van der Waals surface area contributed by atoms with Gasteiger partial charge in [0.2, 0.25) is 0 Å². The fourth-order valence-electron chi connectivity index (χ4n) is 1.82. The van der Waals surface area contributed by atoms with E-state index in [2.05, 4.69) is 29.9 Å². The van der Waals surface area contributed by atoms with Gasteiger partial charge in [-0.2, -0.15) is 0 Å². The Bertz CT molecular complexity index is 753. The van der Waals surface area contributed by atoms with Gasteiger partial charge in [0.25, 0.3) is 0 Å². The van der Waals surface area contributed by atoms with Gasteiger partial charge in [-0.1, -0.05) is 6.07 Å². The standard InChI is InChI=1S/2C7H10N2.C4H6N2.C3H4N2/c1-9(2)7-3-5-8-6-4-7;1-9(2)7-5-3-4-6-8-7;1-4-5-2-3-6-4;1-2-5-3-4-1/h2*3-6H,1-2H3;2-3H,1H3,(H,5,6);1-3H,(H,4,5). The van der Waals surface area contributed by atoms with Gasteiger partial charge in [0.05, 0.1) is 6.33 Å². The van der Waals surface area contributed by atoms with E-state index in [1.54, 1.807) is 49.7 Å². The normalized spacial score (nSPS) is 8.86. The first-order valence-corrected chi connectivity index (χ1v) is 9.05. The third kappa shape index (κ3) is 11.6. The van der Waals surface area contributed by atoms with Crippen LogP contribution in [0.5, 0.6) is 0 Å². The lowest BCUT2D eigenvalue weighted by molar-refractivity contribution is 1.07. The zero-order valence-corrected chi connectivity index (χ0v) is 17.7. The highest BCUT2D eigenvalue weighted by atomic mass is 15.1. The molecule has 0 saturated heterocycles. The summed E-state index contributed by atoms with van der Waals surface area (Å²) >= 11 is 0. The Morgan fingerprint density at radius 2 is 1.48 bits per heavy atom. The van der Waals surface area contributed by atoms with Crippen molar-refractivity contribution in [1.82, 2.24) is 29.9 Å². The summed E-state index contributed by atoms with van der Waals surface area (Å²) in [5.74, 6) is 1.97. The molecule has 0 aliphatic carbocycles. The summed E-state index contributed by atoms with van der Waals surface area (Å²) in [6.07, 6.45) is 14.0. The molecule has 0 aromatic carbocycles. The van der Waals surface area contributed by atoms with Crippen LogP contribution in [0, 0.1) is 6.92 Å². The van der Waals surface area contributed by atoms with Crippen molar-refractivity contribution in [3.05, 3.63) is 85.9 Å². The second-order valence-corrected chi connectivity index (χ2v) is 6.12. The van der Waals surface area contributed by atoms with Crippen LogP contribution in [-0.2, 0) is 0 Å². The van der Waals surface area contributed by atoms with Crippen molar-refractivity contribution in [2.24, 2.45) is 0 Å². The van der Waals surface area contributed by atoms with E-state index in [0.717, 1.165) is 11.6 Å². The largest absolute Gasteiger partial charge is 0.378 e. The smallest absolute Gasteiger partial charge is 0.127 e. The van der Waals surface area contributed by atoms with Gasteiger partial charge in [-0.25, -0.2) is 15.0 Å². The average molecular weight is 395 g/mol. The fraction of sp³-hybridized carbons (Fsp3) is 0.238. The number of hydrogen-bond donors (Lipinski definition) is 2. The van der Waals surface area contributed by atoms with Crippen molar-refractivity contribution in [2.45, 2.75) is 6.92 Å². The quantitative estimate of drug-likeness (QED) is 0.541. The van der Waals surface area contributed by atoms with E-state index in [-0.39, 0.29) is 0 Å². The zero-order valence-electron chi connectivity index (χ0n) is 17.7. The summed E-state index contributed by atoms with van der Waals surface area (Å²) in [6.45, 7) is 1.92. The lowest BCUT2D eigenvalue weighted by atomic mass is 10.4. The predicted molar refractivity (Wildman–Crippen MR) is 119 cm³/mol. The number of aryl methyl sites for hydroxylation is 1. The van der Waals surface area contributed by atoms with Crippen molar-refractivity contribution in [3.63, 3.8) is 0 Å². The van der Waals surface area contributed by atoms with E-state index in [4.69, 9.17) is 0 Å². The third-order valence-corrected chi connectivity index (χ3v) is 3.33. The highest BCUT2D eigenvalue weighted by molar-refractivity contribution is 5.42. The van der Waals surface area contributed by atoms with Gasteiger partial charge in [-0.15, -0.1) is 0 Å². The van der Waals surface area contributed by atoms with Gasteiger partial charge >= 0.3 is 0 Å². The van der Waals surface area contributed by atoms with E-state index < -0.39 is 0 Å². The topological polar surface area (TPSA) is 89.6 Å². The molecule has 0 aliphatic heterocycles. The fourth-order valence-corrected chi connectivity index (χ4v) is 1.82. The number of pyridine rings is 2. The average Bonchev–Trinajstić information content (AvgIpc) is 3.47. The van der Waals surface area contributed by atoms with Crippen molar-refractivity contribution in [3.8, 4) is 0 Å². The molecule has 0 spiro atoms. The van der Waals surface area contributed by atoms with Crippen LogP contribution in [0.25, 0.3) is 0 Å². The molecule has 8 heteroatoms. The molecule has 4 rings (SSSR count). The summed E-state index contributed by atoms with van der Waals surface area (Å²) in [4.78, 5) is 25.2. The molecule has 29 heavy (non-hydrogen) atoms. The number of rotatable bonds is 2. The Hall–Kier alpha value is -3.68. The van der Waals surface area contributed by atoms with Crippen LogP contribution in [0.1, 0.15) is 5.82 Å². The van der Waals surface area contributed by atoms with Crippen molar-refractivity contribution < 1.29 is 0 Å². The van der Waals surface area contributed by atoms with Gasteiger partial charge < -0.3 is 19.8 Å². The Kier molecular flexibility index (Phi) is 11.6. The number of H-pyrrole nitrogens is 2. The van der Waals surface area contributed by atoms with Crippen LogP contribution in [0.15, 0.2) is 80.0 Å². The minimum atomic E-state index is 0.968. The minimum Gasteiger partial charge on any atom is -0.378 e. The molecule has 4 aromatic heterocycles. The Morgan fingerprint density at radius 1 is 0.724 bits per heavy atom. The summed E-state index contributed by atoms with van der Waals surface area (Å²) in [5, 5.41) is 0. The maximum Gasteiger partial charge on any atom is 0.127 e. The van der Waals surface area contributed by atoms with Gasteiger partial charge in [-0.05, 0) is 31.2 Å². The van der Waals surface area contributed by atoms with Crippen molar-refractivity contribution in [2.75, 3.05) is 38.0 Å². The molecule has 2 N–H and O–H groups in total. The van der Waals surface area contributed by atoms with E-state index >= 15 is 0 Å². The molecule has 0 aliphatic rings. The van der Waals surface area contributed by atoms with Crippen LogP contribution in [0.3, 0.4) is 0 Å². The van der Waals surface area contributed by atoms with E-state index in [9.17, 15) is 0 Å². The molecular weight excluding hydrogens is 364 g/mol. The molecule has 8 nitrogen and oxygen atoms in total. The molecular formula is C21H30N8. The molecule has 4 aromatic rings. The van der Waals surface area contributed by atoms with Gasteiger partial charge in [-0.3, -0.25) is 4.98 Å². The molecule has 0 radical (unpaired) electrons. The Balaban J connectivity index is 0.000000199. The van der Waals surface area contributed by atoms with Crippen LogP contribution >= 0.6 is 0 Å². The highest BCUT2D eigenvalue weighted by Crippen LogP contribution is 2.05. The van der Waals surface area contributed by atoms with Gasteiger partial charge in [0.1, 0.15) is 11.6 Å². The molecule has 0 unspecified atom stereocenters. The zero-order chi connectivity index (χ0) is 21.3. The second kappa shape index (κ2) is 14.4. The first kappa shape index (κ1) is 23.4. The minimum absolute atomic E-state index is 0.968. The summed E-state index contributed by atoms with van der Waals surface area (Å²) in [6, 6.07) is 9.80. The van der Waals surface area contributed by atoms with Crippen molar-refractivity contribution in [1.29, 1.82) is 0 Å². The number of aromatic amines is 2. The first-order valence-electron chi connectivity index (χ1n) is 9.05. The van der Waals surface area contributed by atoms with E-state index in [0.29, 0.717) is 0 Å². The van der Waals surface area contributed by atoms with Gasteiger partial charge in [0.15, 0.2) is 0 Å². The second-order valence-electron chi connectivity index (χ2n) is 6.12. The highest BCUT2D eigenvalue weighted by Gasteiger charge is 1.90. The molecule has 0 fully saturated rings. The summed E-state index contributed by atoms with van der Waals surface area (Å²) in [5.41, 5.74) is 1.19. The number of nitrogens with zero attached hydrogens (tertiary/aromatic N) is 6. The first-order chi connectivity index (χ1) is 14.0. The molecule has 0 bridgehead atoms. The SMILES string of the molecule is CN(C)c1ccccn1.CN(C)c1ccncc1.Cc1ncc[nH]1.c1c[nH]cn1. The van der Waals surface area contributed by atoms with Crippen LogP contribution in [0.2, 0.25) is 0 Å². The molecule has 4 heterocycles. The molecule has 154 valence electrons. The number of nitrogens with one attached hydrogen (secondary N) is 2. The summed E-state index contributed by atoms with van der Waals surface area (Å²) in [7, 11) is 7.97. The predicted octanol–water partition coefficient (Wildman–Crippen LogP) is 3.42. The molecule has 0 amide bonds. The lowest BCUT2D eigenvalue weighted by Gasteiger charge is -2.10. The van der Waals surface area contributed by atoms with Crippen LogP contribution in [0.4, 0.5) is 11.5 Å². The van der Waals surface area contributed by atoms with E-state index in [1.807, 2.05) is 75.2 Å². The maximum atomic E-state index is 4.10. The van der Waals surface area contributed by atoms with E-state index in [1.165, 1.54) is 5.69 Å². The Morgan fingerprint density at radius 3 is 1.76 bits per heavy atom. The van der Waals surface area contributed by atoms with Crippen LogP contribution < -0.4 is 9.80 Å². The molecule has 0 saturated carbocycles. The Labute approximate surface area is 172 Å². The third-order valence-electron chi connectivity index (χ3n) is 3.33. The van der Waals surface area contributed by atoms with Gasteiger partial charge in [0, 0.05) is 77.3 Å².